The van der Waals surface area contributed by atoms with Crippen molar-refractivity contribution in [3.05, 3.63) is 12.2 Å². The second-order valence-corrected chi connectivity index (χ2v) is 7.05. The fourth-order valence-electron chi connectivity index (χ4n) is 3.21. The Morgan fingerprint density at radius 2 is 1.46 bits per heavy atom. The quantitative estimate of drug-likeness (QED) is 0.277. The van der Waals surface area contributed by atoms with Crippen LogP contribution in [0.2, 0.25) is 0 Å². The normalized spacial score (nSPS) is 14.1. The van der Waals surface area contributed by atoms with E-state index < -0.39 is 0 Å². The smallest absolute Gasteiger partial charge is 0.220 e. The molecule has 3 heteroatoms. The van der Waals surface area contributed by atoms with E-state index in [0.29, 0.717) is 0 Å². The van der Waals surface area contributed by atoms with Gasteiger partial charge in [0.15, 0.2) is 0 Å². The summed E-state index contributed by atoms with van der Waals surface area (Å²) < 4.78 is 0. The molecule has 2 atom stereocenters. The molecule has 2 unspecified atom stereocenters. The maximum absolute atomic E-state index is 11.7. The van der Waals surface area contributed by atoms with Gasteiger partial charge < -0.3 is 10.8 Å². The van der Waals surface area contributed by atoms with Crippen molar-refractivity contribution in [2.75, 3.05) is 6.61 Å². The summed E-state index contributed by atoms with van der Waals surface area (Å²) in [5.74, 6) is -0.332. The van der Waals surface area contributed by atoms with Gasteiger partial charge in [-0.2, -0.15) is 0 Å². The molecule has 142 valence electrons. The SMILES string of the molecule is CCCCC=CCCCCCCCC(C(N)=O)C(CO)CCCC. The van der Waals surface area contributed by atoms with Gasteiger partial charge in [0.25, 0.3) is 0 Å². The van der Waals surface area contributed by atoms with Gasteiger partial charge in [-0.05, 0) is 38.0 Å². The Morgan fingerprint density at radius 1 is 0.875 bits per heavy atom. The molecular formula is C21H41NO2. The zero-order valence-corrected chi connectivity index (χ0v) is 16.1. The first-order chi connectivity index (χ1) is 11.7. The molecule has 0 aliphatic carbocycles. The number of carbonyl (C=O) groups is 1. The fraction of sp³-hybridized carbons (Fsp3) is 0.857. The monoisotopic (exact) mass is 339 g/mol. The van der Waals surface area contributed by atoms with E-state index in [0.717, 1.165) is 38.5 Å². The summed E-state index contributed by atoms with van der Waals surface area (Å²) >= 11 is 0. The number of nitrogens with two attached hydrogens (primary N) is 1. The molecule has 24 heavy (non-hydrogen) atoms. The summed E-state index contributed by atoms with van der Waals surface area (Å²) in [6, 6.07) is 0. The van der Waals surface area contributed by atoms with E-state index in [2.05, 4.69) is 26.0 Å². The fourth-order valence-corrected chi connectivity index (χ4v) is 3.21. The lowest BCUT2D eigenvalue weighted by Crippen LogP contribution is -2.32. The van der Waals surface area contributed by atoms with Gasteiger partial charge in [0, 0.05) is 12.5 Å². The van der Waals surface area contributed by atoms with Crippen molar-refractivity contribution in [3.8, 4) is 0 Å². The van der Waals surface area contributed by atoms with E-state index in [1.165, 1.54) is 44.9 Å². The third kappa shape index (κ3) is 12.6. The standard InChI is InChI=1S/C21H41NO2/c1-3-5-7-8-9-10-11-12-13-14-15-17-20(21(22)24)19(18-23)16-6-4-2/h8-9,19-20,23H,3-7,10-18H2,1-2H3,(H2,22,24). The lowest BCUT2D eigenvalue weighted by molar-refractivity contribution is -0.124. The van der Waals surface area contributed by atoms with Gasteiger partial charge in [0.2, 0.25) is 5.91 Å². The number of unbranched alkanes of at least 4 members (excludes halogenated alkanes) is 8. The Labute approximate surface area is 150 Å². The molecule has 0 rings (SSSR count). The largest absolute Gasteiger partial charge is 0.396 e. The molecule has 1 amide bonds. The molecule has 0 aliphatic heterocycles. The van der Waals surface area contributed by atoms with Crippen molar-refractivity contribution >= 4 is 5.91 Å². The summed E-state index contributed by atoms with van der Waals surface area (Å²) in [7, 11) is 0. The molecule has 0 heterocycles. The number of rotatable bonds is 17. The predicted molar refractivity (Wildman–Crippen MR) is 104 cm³/mol. The van der Waals surface area contributed by atoms with Crippen LogP contribution in [0.3, 0.4) is 0 Å². The van der Waals surface area contributed by atoms with E-state index in [9.17, 15) is 9.90 Å². The molecule has 3 nitrogen and oxygen atoms in total. The number of amides is 1. The van der Waals surface area contributed by atoms with Gasteiger partial charge >= 0.3 is 0 Å². The number of primary amides is 1. The topological polar surface area (TPSA) is 63.3 Å². The van der Waals surface area contributed by atoms with Crippen LogP contribution >= 0.6 is 0 Å². The molecule has 0 aliphatic rings. The van der Waals surface area contributed by atoms with Crippen molar-refractivity contribution in [1.82, 2.24) is 0 Å². The van der Waals surface area contributed by atoms with Crippen LogP contribution in [-0.2, 0) is 4.79 Å². The van der Waals surface area contributed by atoms with Crippen LogP contribution in [-0.4, -0.2) is 17.6 Å². The Hall–Kier alpha value is -0.830. The van der Waals surface area contributed by atoms with Crippen molar-refractivity contribution in [1.29, 1.82) is 0 Å². The molecule has 0 saturated heterocycles. The van der Waals surface area contributed by atoms with Crippen LogP contribution in [0, 0.1) is 11.8 Å². The number of aliphatic hydroxyl groups excluding tert-OH is 1. The second kappa shape index (κ2) is 17.0. The zero-order chi connectivity index (χ0) is 18.0. The van der Waals surface area contributed by atoms with E-state index in [1.807, 2.05) is 0 Å². The van der Waals surface area contributed by atoms with Gasteiger partial charge in [-0.15, -0.1) is 0 Å². The lowest BCUT2D eigenvalue weighted by Gasteiger charge is -2.22. The maximum Gasteiger partial charge on any atom is 0.220 e. The second-order valence-electron chi connectivity index (χ2n) is 7.05. The third-order valence-corrected chi connectivity index (χ3v) is 4.87. The highest BCUT2D eigenvalue weighted by atomic mass is 16.3. The summed E-state index contributed by atoms with van der Waals surface area (Å²) in [4.78, 5) is 11.7. The van der Waals surface area contributed by atoms with Crippen molar-refractivity contribution in [2.24, 2.45) is 17.6 Å². The summed E-state index contributed by atoms with van der Waals surface area (Å²) in [5.41, 5.74) is 5.56. The number of aliphatic hydroxyl groups is 1. The Morgan fingerprint density at radius 3 is 2.04 bits per heavy atom. The minimum Gasteiger partial charge on any atom is -0.396 e. The first-order valence-corrected chi connectivity index (χ1v) is 10.2. The van der Waals surface area contributed by atoms with E-state index in [1.54, 1.807) is 0 Å². The van der Waals surface area contributed by atoms with Crippen LogP contribution in [0.25, 0.3) is 0 Å². The third-order valence-electron chi connectivity index (χ3n) is 4.87. The van der Waals surface area contributed by atoms with Crippen LogP contribution < -0.4 is 5.73 Å². The zero-order valence-electron chi connectivity index (χ0n) is 16.1. The average molecular weight is 340 g/mol. The van der Waals surface area contributed by atoms with Gasteiger partial charge in [-0.1, -0.05) is 77.4 Å². The molecule has 3 N–H and O–H groups in total. The highest BCUT2D eigenvalue weighted by Gasteiger charge is 2.24. The molecule has 0 spiro atoms. The summed E-state index contributed by atoms with van der Waals surface area (Å²) in [5, 5.41) is 9.53. The number of allylic oxidation sites excluding steroid dienone is 2. The van der Waals surface area contributed by atoms with Crippen LogP contribution in [0.4, 0.5) is 0 Å². The van der Waals surface area contributed by atoms with Crippen molar-refractivity contribution in [2.45, 2.75) is 97.3 Å². The molecule has 0 bridgehead atoms. The molecule has 0 radical (unpaired) electrons. The van der Waals surface area contributed by atoms with Gasteiger partial charge in [-0.3, -0.25) is 4.79 Å². The van der Waals surface area contributed by atoms with Gasteiger partial charge in [-0.25, -0.2) is 0 Å². The highest BCUT2D eigenvalue weighted by Crippen LogP contribution is 2.24. The first-order valence-electron chi connectivity index (χ1n) is 10.2. The Kier molecular flexibility index (Phi) is 16.4. The van der Waals surface area contributed by atoms with Crippen LogP contribution in [0.1, 0.15) is 97.3 Å². The first kappa shape index (κ1) is 23.2. The van der Waals surface area contributed by atoms with Crippen LogP contribution in [0.5, 0.6) is 0 Å². The molecule has 0 saturated carbocycles. The predicted octanol–water partition coefficient (Wildman–Crippen LogP) is 5.36. The molecule has 0 fully saturated rings. The van der Waals surface area contributed by atoms with Gasteiger partial charge in [0.1, 0.15) is 0 Å². The average Bonchev–Trinajstić information content (AvgIpc) is 2.57. The summed E-state index contributed by atoms with van der Waals surface area (Å²) in [6.45, 7) is 4.44. The molecular weight excluding hydrogens is 298 g/mol. The van der Waals surface area contributed by atoms with E-state index >= 15 is 0 Å². The maximum atomic E-state index is 11.7. The molecule has 0 aromatic carbocycles. The van der Waals surface area contributed by atoms with E-state index in [-0.39, 0.29) is 24.3 Å². The lowest BCUT2D eigenvalue weighted by atomic mass is 9.84. The van der Waals surface area contributed by atoms with Crippen molar-refractivity contribution in [3.63, 3.8) is 0 Å². The van der Waals surface area contributed by atoms with Crippen molar-refractivity contribution < 1.29 is 9.90 Å². The highest BCUT2D eigenvalue weighted by molar-refractivity contribution is 5.76. The number of carbonyl (C=O) groups excluding carboxylic acids is 1. The minimum atomic E-state index is -0.234. The Balaban J connectivity index is 3.77. The van der Waals surface area contributed by atoms with E-state index in [4.69, 9.17) is 5.73 Å². The number of hydrogen-bond donors (Lipinski definition) is 2. The molecule has 0 aromatic rings. The molecule has 0 aromatic heterocycles. The minimum absolute atomic E-state index is 0.0516. The number of hydrogen-bond acceptors (Lipinski definition) is 2. The van der Waals surface area contributed by atoms with Gasteiger partial charge in [0.05, 0.1) is 0 Å². The summed E-state index contributed by atoms with van der Waals surface area (Å²) in [6.07, 6.45) is 19.5. The Bertz CT molecular complexity index is 315. The van der Waals surface area contributed by atoms with Crippen LogP contribution in [0.15, 0.2) is 12.2 Å².